The van der Waals surface area contributed by atoms with E-state index in [0.717, 1.165) is 0 Å². The van der Waals surface area contributed by atoms with Crippen molar-refractivity contribution in [3.05, 3.63) is 38.3 Å². The Kier molecular flexibility index (Phi) is 2.75. The van der Waals surface area contributed by atoms with Crippen LogP contribution in [0.3, 0.4) is 0 Å². The summed E-state index contributed by atoms with van der Waals surface area (Å²) in [6.07, 6.45) is 0. The molecule has 1 rings (SSSR count). The summed E-state index contributed by atoms with van der Waals surface area (Å²) in [4.78, 5) is 9.73. The van der Waals surface area contributed by atoms with Crippen LogP contribution in [-0.2, 0) is 6.67 Å². The number of nitro groups is 1. The minimum Gasteiger partial charge on any atom is -0.258 e. The largest absolute Gasteiger partial charge is 0.270 e. The lowest BCUT2D eigenvalue weighted by Gasteiger charge is -1.96. The van der Waals surface area contributed by atoms with E-state index in [4.69, 9.17) is 0 Å². The molecule has 0 saturated carbocycles. The normalized spacial score (nSPS) is 9.83. The third-order valence-corrected chi connectivity index (χ3v) is 1.77. The Hall–Kier alpha value is -0.970. The second-order valence-electron chi connectivity index (χ2n) is 2.21. The van der Waals surface area contributed by atoms with Gasteiger partial charge in [0, 0.05) is 16.6 Å². The summed E-state index contributed by atoms with van der Waals surface area (Å²) in [6.45, 7) is -0.694. The third kappa shape index (κ3) is 2.01. The molecular formula is C7H5BrFNO2. The molecule has 0 spiro atoms. The molecule has 0 aromatic heterocycles. The van der Waals surface area contributed by atoms with Crippen LogP contribution < -0.4 is 0 Å². The first-order valence-corrected chi connectivity index (χ1v) is 3.92. The van der Waals surface area contributed by atoms with Gasteiger partial charge in [0.2, 0.25) is 0 Å². The first-order valence-electron chi connectivity index (χ1n) is 3.13. The summed E-state index contributed by atoms with van der Waals surface area (Å²) in [5.74, 6) is 0. The van der Waals surface area contributed by atoms with Gasteiger partial charge >= 0.3 is 0 Å². The predicted molar refractivity (Wildman–Crippen MR) is 45.6 cm³/mol. The van der Waals surface area contributed by atoms with Crippen molar-refractivity contribution in [3.63, 3.8) is 0 Å². The number of alkyl halides is 1. The van der Waals surface area contributed by atoms with E-state index < -0.39 is 11.6 Å². The summed E-state index contributed by atoms with van der Waals surface area (Å²) in [5, 5.41) is 10.3. The highest BCUT2D eigenvalue weighted by atomic mass is 79.9. The predicted octanol–water partition coefficient (Wildman–Crippen LogP) is 2.83. The highest BCUT2D eigenvalue weighted by Gasteiger charge is 2.07. The van der Waals surface area contributed by atoms with Gasteiger partial charge in [0.25, 0.3) is 5.69 Å². The quantitative estimate of drug-likeness (QED) is 0.583. The molecule has 3 nitrogen and oxygen atoms in total. The number of rotatable bonds is 2. The summed E-state index contributed by atoms with van der Waals surface area (Å²) in [6, 6.07) is 4.05. The molecule has 0 fully saturated rings. The molecule has 64 valence electrons. The number of hydrogen-bond acceptors (Lipinski definition) is 2. The van der Waals surface area contributed by atoms with Crippen LogP contribution in [-0.4, -0.2) is 4.92 Å². The first kappa shape index (κ1) is 9.12. The van der Waals surface area contributed by atoms with Gasteiger partial charge in [0.15, 0.2) is 0 Å². The molecule has 0 unspecified atom stereocenters. The molecule has 0 atom stereocenters. The Morgan fingerprint density at radius 3 is 2.67 bits per heavy atom. The Morgan fingerprint density at radius 1 is 1.50 bits per heavy atom. The van der Waals surface area contributed by atoms with Crippen LogP contribution in [0.1, 0.15) is 5.56 Å². The van der Waals surface area contributed by atoms with Crippen LogP contribution in [0, 0.1) is 10.1 Å². The van der Waals surface area contributed by atoms with Gasteiger partial charge in [0.05, 0.1) is 4.92 Å². The fourth-order valence-electron chi connectivity index (χ4n) is 0.816. The molecule has 0 bridgehead atoms. The Morgan fingerprint density at radius 2 is 2.17 bits per heavy atom. The van der Waals surface area contributed by atoms with Crippen molar-refractivity contribution in [2.75, 3.05) is 0 Å². The maximum Gasteiger partial charge on any atom is 0.270 e. The van der Waals surface area contributed by atoms with E-state index in [2.05, 4.69) is 15.9 Å². The topological polar surface area (TPSA) is 43.1 Å². The molecule has 12 heavy (non-hydrogen) atoms. The smallest absolute Gasteiger partial charge is 0.258 e. The van der Waals surface area contributed by atoms with Crippen LogP contribution >= 0.6 is 15.9 Å². The molecule has 0 saturated heterocycles. The molecule has 0 aliphatic heterocycles. The molecular weight excluding hydrogens is 229 g/mol. The van der Waals surface area contributed by atoms with Crippen molar-refractivity contribution in [2.24, 2.45) is 0 Å². The SMILES string of the molecule is O=[N+]([O-])c1cc(Br)cc(CF)c1. The van der Waals surface area contributed by atoms with Crippen molar-refractivity contribution in [2.45, 2.75) is 6.67 Å². The van der Waals surface area contributed by atoms with Crippen molar-refractivity contribution in [1.82, 2.24) is 0 Å². The standard InChI is InChI=1S/C7H5BrFNO2/c8-6-1-5(4-9)2-7(3-6)10(11)12/h1-3H,4H2. The van der Waals surface area contributed by atoms with Crippen LogP contribution in [0.2, 0.25) is 0 Å². The van der Waals surface area contributed by atoms with E-state index in [0.29, 0.717) is 10.0 Å². The second-order valence-corrected chi connectivity index (χ2v) is 3.12. The average Bonchev–Trinajstić information content (AvgIpc) is 2.03. The van der Waals surface area contributed by atoms with Crippen LogP contribution in [0.15, 0.2) is 22.7 Å². The molecule has 0 heterocycles. The first-order chi connectivity index (χ1) is 5.63. The van der Waals surface area contributed by atoms with Gasteiger partial charge in [-0.25, -0.2) is 4.39 Å². The number of hydrogen-bond donors (Lipinski definition) is 0. The van der Waals surface area contributed by atoms with Crippen molar-refractivity contribution in [3.8, 4) is 0 Å². The molecule has 0 radical (unpaired) electrons. The van der Waals surface area contributed by atoms with Crippen LogP contribution in [0.25, 0.3) is 0 Å². The maximum atomic E-state index is 12.1. The number of nitro benzene ring substituents is 1. The van der Waals surface area contributed by atoms with Gasteiger partial charge in [-0.2, -0.15) is 0 Å². The minimum absolute atomic E-state index is 0.1000. The lowest BCUT2D eigenvalue weighted by molar-refractivity contribution is -0.385. The zero-order valence-electron chi connectivity index (χ0n) is 5.96. The van der Waals surface area contributed by atoms with E-state index in [9.17, 15) is 14.5 Å². The fourth-order valence-corrected chi connectivity index (χ4v) is 1.34. The van der Waals surface area contributed by atoms with Gasteiger partial charge in [-0.1, -0.05) is 15.9 Å². The Balaban J connectivity index is 3.15. The van der Waals surface area contributed by atoms with Gasteiger partial charge in [-0.15, -0.1) is 0 Å². The minimum atomic E-state index is -0.694. The van der Waals surface area contributed by atoms with Crippen molar-refractivity contribution < 1.29 is 9.31 Å². The monoisotopic (exact) mass is 233 g/mol. The number of nitrogens with zero attached hydrogens (tertiary/aromatic N) is 1. The van der Waals surface area contributed by atoms with Crippen LogP contribution in [0.5, 0.6) is 0 Å². The van der Waals surface area contributed by atoms with E-state index in [1.807, 2.05) is 0 Å². The van der Waals surface area contributed by atoms with E-state index in [1.165, 1.54) is 18.2 Å². The van der Waals surface area contributed by atoms with Crippen molar-refractivity contribution >= 4 is 21.6 Å². The summed E-state index contributed by atoms with van der Waals surface area (Å²) in [7, 11) is 0. The molecule has 1 aromatic rings. The maximum absolute atomic E-state index is 12.1. The highest BCUT2D eigenvalue weighted by molar-refractivity contribution is 9.10. The summed E-state index contributed by atoms with van der Waals surface area (Å²) in [5.41, 5.74) is 0.202. The van der Waals surface area contributed by atoms with Gasteiger partial charge in [0.1, 0.15) is 6.67 Å². The second kappa shape index (κ2) is 3.62. The highest BCUT2D eigenvalue weighted by Crippen LogP contribution is 2.21. The van der Waals surface area contributed by atoms with Gasteiger partial charge < -0.3 is 0 Å². The van der Waals surface area contributed by atoms with E-state index in [-0.39, 0.29) is 5.69 Å². The fraction of sp³-hybridized carbons (Fsp3) is 0.143. The molecule has 1 aromatic carbocycles. The van der Waals surface area contributed by atoms with Gasteiger partial charge in [-0.3, -0.25) is 10.1 Å². The molecule has 0 amide bonds. The molecule has 0 aliphatic rings. The molecule has 0 aliphatic carbocycles. The van der Waals surface area contributed by atoms with E-state index >= 15 is 0 Å². The zero-order valence-corrected chi connectivity index (χ0v) is 7.54. The number of non-ortho nitro benzene ring substituents is 1. The molecule has 0 N–H and O–H groups in total. The number of benzene rings is 1. The van der Waals surface area contributed by atoms with Crippen LogP contribution in [0.4, 0.5) is 10.1 Å². The van der Waals surface area contributed by atoms with Crippen molar-refractivity contribution in [1.29, 1.82) is 0 Å². The van der Waals surface area contributed by atoms with E-state index in [1.54, 1.807) is 0 Å². The lowest BCUT2D eigenvalue weighted by atomic mass is 10.2. The Labute approximate surface area is 76.5 Å². The number of halogens is 2. The zero-order chi connectivity index (χ0) is 9.14. The third-order valence-electron chi connectivity index (χ3n) is 1.31. The lowest BCUT2D eigenvalue weighted by Crippen LogP contribution is -1.89. The summed E-state index contributed by atoms with van der Waals surface area (Å²) < 4.78 is 12.6. The average molecular weight is 234 g/mol. The molecule has 5 heteroatoms. The van der Waals surface area contributed by atoms with Gasteiger partial charge in [-0.05, 0) is 11.6 Å². The Bertz CT molecular complexity index is 316. The summed E-state index contributed by atoms with van der Waals surface area (Å²) >= 11 is 3.05.